The van der Waals surface area contributed by atoms with Crippen LogP contribution in [0.25, 0.3) is 0 Å². The molecular formula is C18H29KO3. The van der Waals surface area contributed by atoms with Gasteiger partial charge in [0.05, 0.1) is 0 Å². The zero-order valence-corrected chi connectivity index (χ0v) is 17.3. The van der Waals surface area contributed by atoms with Crippen molar-refractivity contribution < 1.29 is 66.4 Å². The Morgan fingerprint density at radius 1 is 1.00 bits per heavy atom. The van der Waals surface area contributed by atoms with E-state index >= 15 is 0 Å². The fourth-order valence-electron chi connectivity index (χ4n) is 1.91. The number of aliphatic carboxylic acids is 1. The third kappa shape index (κ3) is 20.1. The van der Waals surface area contributed by atoms with Gasteiger partial charge in [-0.3, -0.25) is 4.79 Å². The summed E-state index contributed by atoms with van der Waals surface area (Å²) in [6.45, 7) is 2.11. The fourth-order valence-corrected chi connectivity index (χ4v) is 1.91. The van der Waals surface area contributed by atoms with Crippen LogP contribution in [0.1, 0.15) is 71.1 Å². The maximum absolute atomic E-state index is 11.4. The van der Waals surface area contributed by atoms with Crippen LogP contribution in [0.4, 0.5) is 0 Å². The summed E-state index contributed by atoms with van der Waals surface area (Å²) in [5, 5.41) is 19.9. The molecule has 0 atom stereocenters. The van der Waals surface area contributed by atoms with Gasteiger partial charge in [0.15, 0.2) is 0 Å². The number of hydrogen-bond acceptors (Lipinski definition) is 2. The Morgan fingerprint density at radius 2 is 1.68 bits per heavy atom. The van der Waals surface area contributed by atoms with E-state index in [-0.39, 0.29) is 63.6 Å². The summed E-state index contributed by atoms with van der Waals surface area (Å²) >= 11 is 0. The first-order chi connectivity index (χ1) is 10.2. The predicted octanol–water partition coefficient (Wildman–Crippen LogP) is 1.35. The first-order valence-corrected chi connectivity index (χ1v) is 8.09. The molecular weight excluding hydrogens is 303 g/mol. The first-order valence-electron chi connectivity index (χ1n) is 8.09. The molecule has 0 aliphatic carbocycles. The molecule has 0 saturated carbocycles. The monoisotopic (exact) mass is 332 g/mol. The minimum absolute atomic E-state index is 0. The number of carboxylic acids is 1. The Labute approximate surface area is 178 Å². The van der Waals surface area contributed by atoms with E-state index < -0.39 is 5.97 Å². The van der Waals surface area contributed by atoms with Gasteiger partial charge in [-0.15, -0.1) is 5.76 Å². The van der Waals surface area contributed by atoms with Gasteiger partial charge in [-0.1, -0.05) is 69.4 Å². The second kappa shape index (κ2) is 19.2. The van der Waals surface area contributed by atoms with E-state index in [2.05, 4.69) is 13.0 Å². The molecule has 120 valence electrons. The van der Waals surface area contributed by atoms with E-state index in [1.807, 2.05) is 6.08 Å². The van der Waals surface area contributed by atoms with Gasteiger partial charge in [-0.05, 0) is 25.7 Å². The number of carbonyl (C=O) groups is 1. The van der Waals surface area contributed by atoms with Crippen LogP contribution in [-0.4, -0.2) is 11.1 Å². The summed E-state index contributed by atoms with van der Waals surface area (Å²) in [4.78, 5) is 10.3. The van der Waals surface area contributed by atoms with Crippen molar-refractivity contribution in [1.82, 2.24) is 0 Å². The normalized spacial score (nSPS) is 12.0. The van der Waals surface area contributed by atoms with Gasteiger partial charge in [-0.2, -0.15) is 0 Å². The molecule has 0 aromatic heterocycles. The molecule has 0 unspecified atom stereocenters. The Morgan fingerprint density at radius 3 is 2.36 bits per heavy atom. The van der Waals surface area contributed by atoms with E-state index in [1.54, 1.807) is 18.2 Å². The molecule has 0 heterocycles. The summed E-state index contributed by atoms with van der Waals surface area (Å²) in [6, 6.07) is 0. The van der Waals surface area contributed by atoms with Gasteiger partial charge in [0, 0.05) is 6.42 Å². The smallest absolute Gasteiger partial charge is 0.873 e. The number of unbranched alkanes of at least 4 members (excludes halogenated alkanes) is 7. The molecule has 1 N–H and O–H groups in total. The Bertz CT molecular complexity index is 346. The van der Waals surface area contributed by atoms with Crippen LogP contribution < -0.4 is 56.5 Å². The van der Waals surface area contributed by atoms with Gasteiger partial charge < -0.3 is 10.2 Å². The van der Waals surface area contributed by atoms with Gasteiger partial charge in [-0.25, -0.2) is 0 Å². The quantitative estimate of drug-likeness (QED) is 0.240. The van der Waals surface area contributed by atoms with E-state index in [9.17, 15) is 9.90 Å². The summed E-state index contributed by atoms with van der Waals surface area (Å²) in [6.07, 6.45) is 18.6. The van der Waals surface area contributed by atoms with Crippen molar-refractivity contribution in [1.29, 1.82) is 0 Å². The van der Waals surface area contributed by atoms with Crippen LogP contribution in [0.5, 0.6) is 0 Å². The summed E-state index contributed by atoms with van der Waals surface area (Å²) in [5.74, 6) is -0.613. The molecule has 0 aromatic carbocycles. The molecule has 0 aliphatic heterocycles. The average Bonchev–Trinajstić information content (AvgIpc) is 2.44. The van der Waals surface area contributed by atoms with Gasteiger partial charge >= 0.3 is 57.4 Å². The second-order valence-electron chi connectivity index (χ2n) is 5.24. The fraction of sp³-hybridized carbons (Fsp3) is 0.611. The molecule has 0 fully saturated rings. The Hall–Kier alpha value is 0.126. The molecule has 0 aliphatic rings. The van der Waals surface area contributed by atoms with Crippen LogP contribution in [0.15, 0.2) is 36.1 Å². The molecule has 0 spiro atoms. The SMILES string of the molecule is CCCC/C=C([O-])/C=C/C=C/CCCCCCCC(=O)O.[K+]. The minimum Gasteiger partial charge on any atom is -0.873 e. The van der Waals surface area contributed by atoms with E-state index in [0.717, 1.165) is 57.8 Å². The van der Waals surface area contributed by atoms with Crippen molar-refractivity contribution in [2.75, 3.05) is 0 Å². The van der Waals surface area contributed by atoms with Crippen molar-refractivity contribution in [2.24, 2.45) is 0 Å². The molecule has 4 heteroatoms. The van der Waals surface area contributed by atoms with Crippen LogP contribution in [0.3, 0.4) is 0 Å². The molecule has 3 nitrogen and oxygen atoms in total. The molecule has 0 saturated heterocycles. The van der Waals surface area contributed by atoms with E-state index in [0.29, 0.717) is 0 Å². The van der Waals surface area contributed by atoms with Crippen molar-refractivity contribution in [3.05, 3.63) is 36.1 Å². The Balaban J connectivity index is 0. The van der Waals surface area contributed by atoms with Crippen molar-refractivity contribution >= 4 is 5.97 Å². The van der Waals surface area contributed by atoms with E-state index in [4.69, 9.17) is 5.11 Å². The van der Waals surface area contributed by atoms with Crippen LogP contribution in [-0.2, 0) is 4.79 Å². The molecule has 0 bridgehead atoms. The average molecular weight is 333 g/mol. The number of rotatable bonds is 13. The maximum atomic E-state index is 11.4. The third-order valence-corrected chi connectivity index (χ3v) is 3.17. The van der Waals surface area contributed by atoms with Gasteiger partial charge in [0.25, 0.3) is 0 Å². The van der Waals surface area contributed by atoms with Crippen LogP contribution >= 0.6 is 0 Å². The maximum Gasteiger partial charge on any atom is 1.00 e. The van der Waals surface area contributed by atoms with Gasteiger partial charge in [0.2, 0.25) is 0 Å². The summed E-state index contributed by atoms with van der Waals surface area (Å²) < 4.78 is 0. The van der Waals surface area contributed by atoms with Crippen molar-refractivity contribution in [2.45, 2.75) is 71.1 Å². The van der Waals surface area contributed by atoms with Crippen molar-refractivity contribution in [3.63, 3.8) is 0 Å². The molecule has 0 radical (unpaired) electrons. The van der Waals surface area contributed by atoms with Crippen LogP contribution in [0, 0.1) is 0 Å². The number of hydrogen-bond donors (Lipinski definition) is 1. The summed E-state index contributed by atoms with van der Waals surface area (Å²) in [7, 11) is 0. The molecule has 0 amide bonds. The van der Waals surface area contributed by atoms with Crippen LogP contribution in [0.2, 0.25) is 0 Å². The van der Waals surface area contributed by atoms with Crippen molar-refractivity contribution in [3.8, 4) is 0 Å². The standard InChI is InChI=1S/C18H30O3.K/c1-2-3-11-14-17(19)15-12-9-7-5-4-6-8-10-13-16-18(20)21;/h7,9,12,14-15,19H,2-6,8,10-11,13,16H2,1H3,(H,20,21);/q;+1/p-1/b9-7+,15-12+,17-14-;. The first kappa shape index (κ1) is 24.4. The molecule has 0 rings (SSSR count). The molecule has 0 aromatic rings. The zero-order valence-electron chi connectivity index (χ0n) is 14.2. The number of carboxylic acid groups (broad SMARTS) is 1. The second-order valence-corrected chi connectivity index (χ2v) is 5.24. The minimum atomic E-state index is -0.703. The predicted molar refractivity (Wildman–Crippen MR) is 85.8 cm³/mol. The molecule has 22 heavy (non-hydrogen) atoms. The van der Waals surface area contributed by atoms with E-state index in [1.165, 1.54) is 0 Å². The number of allylic oxidation sites excluding steroid dienone is 5. The Kier molecular flexibility index (Phi) is 21.2. The third-order valence-electron chi connectivity index (χ3n) is 3.17. The summed E-state index contributed by atoms with van der Waals surface area (Å²) in [5.41, 5.74) is 0. The largest absolute Gasteiger partial charge is 1.00 e. The van der Waals surface area contributed by atoms with Gasteiger partial charge in [0.1, 0.15) is 0 Å². The topological polar surface area (TPSA) is 60.4 Å². The zero-order chi connectivity index (χ0) is 15.8.